The number of fused-ring (bicyclic) bond motifs is 3. The van der Waals surface area contributed by atoms with Crippen molar-refractivity contribution in [3.05, 3.63) is 34.5 Å². The normalized spacial score (nSPS) is 15.3. The standard InChI is InChI=1S/C16H19ClN2O2/c1-18-8-6-12-13-9-11(17)4-5-14(13)19(15(12)10-18)7-2-3-16(20)21/h4-5,9H,2-3,6-8,10H2,1H3,(H,20,21). The van der Waals surface area contributed by atoms with Crippen molar-refractivity contribution in [3.8, 4) is 0 Å². The van der Waals surface area contributed by atoms with Crippen LogP contribution in [0.3, 0.4) is 0 Å². The fourth-order valence-corrected chi connectivity index (χ4v) is 3.36. The van der Waals surface area contributed by atoms with Crippen LogP contribution in [-0.4, -0.2) is 34.1 Å². The van der Waals surface area contributed by atoms with Crippen LogP contribution < -0.4 is 0 Å². The number of benzene rings is 1. The Morgan fingerprint density at radius 1 is 1.43 bits per heavy atom. The maximum absolute atomic E-state index is 10.7. The molecule has 4 nitrogen and oxygen atoms in total. The fraction of sp³-hybridized carbons (Fsp3) is 0.438. The van der Waals surface area contributed by atoms with Gasteiger partial charge in [0.2, 0.25) is 0 Å². The Kier molecular flexibility index (Phi) is 3.91. The number of hydrogen-bond donors (Lipinski definition) is 1. The van der Waals surface area contributed by atoms with E-state index in [4.69, 9.17) is 16.7 Å². The summed E-state index contributed by atoms with van der Waals surface area (Å²) in [6.07, 6.45) is 1.88. The Labute approximate surface area is 128 Å². The third-order valence-corrected chi connectivity index (χ3v) is 4.42. The summed E-state index contributed by atoms with van der Waals surface area (Å²) >= 11 is 6.15. The van der Waals surface area contributed by atoms with Gasteiger partial charge in [-0.1, -0.05) is 11.6 Å². The Bertz CT molecular complexity index is 693. The molecular formula is C16H19ClN2O2. The highest BCUT2D eigenvalue weighted by molar-refractivity contribution is 6.31. The molecule has 1 aliphatic rings. The molecule has 0 bridgehead atoms. The molecule has 1 N–H and O–H groups in total. The lowest BCUT2D eigenvalue weighted by molar-refractivity contribution is -0.137. The molecule has 0 saturated heterocycles. The zero-order valence-corrected chi connectivity index (χ0v) is 12.9. The van der Waals surface area contributed by atoms with Crippen LogP contribution in [0, 0.1) is 0 Å². The van der Waals surface area contributed by atoms with Gasteiger partial charge in [-0.15, -0.1) is 0 Å². The maximum atomic E-state index is 10.7. The molecule has 0 fully saturated rings. The molecule has 1 aliphatic heterocycles. The molecule has 0 spiro atoms. The number of nitrogens with zero attached hydrogens (tertiary/aromatic N) is 2. The molecule has 5 heteroatoms. The fourth-order valence-electron chi connectivity index (χ4n) is 3.19. The van der Waals surface area contributed by atoms with Gasteiger partial charge in [0, 0.05) is 47.7 Å². The Hall–Kier alpha value is -1.52. The highest BCUT2D eigenvalue weighted by atomic mass is 35.5. The molecule has 3 rings (SSSR count). The van der Waals surface area contributed by atoms with Gasteiger partial charge in [-0.25, -0.2) is 0 Å². The number of carboxylic acids is 1. The van der Waals surface area contributed by atoms with Crippen molar-refractivity contribution in [2.45, 2.75) is 32.4 Å². The summed E-state index contributed by atoms with van der Waals surface area (Å²) in [4.78, 5) is 13.0. The third kappa shape index (κ3) is 2.78. The topological polar surface area (TPSA) is 45.5 Å². The number of aryl methyl sites for hydroxylation is 1. The van der Waals surface area contributed by atoms with Crippen LogP contribution in [0.5, 0.6) is 0 Å². The third-order valence-electron chi connectivity index (χ3n) is 4.18. The van der Waals surface area contributed by atoms with E-state index in [1.165, 1.54) is 22.2 Å². The first-order valence-corrected chi connectivity index (χ1v) is 7.64. The van der Waals surface area contributed by atoms with E-state index < -0.39 is 5.97 Å². The number of carbonyl (C=O) groups is 1. The summed E-state index contributed by atoms with van der Waals surface area (Å²) in [5.41, 5.74) is 3.86. The Balaban J connectivity index is 2.04. The number of likely N-dealkylation sites (N-methyl/N-ethyl adjacent to an activating group) is 1. The van der Waals surface area contributed by atoms with E-state index in [9.17, 15) is 4.79 Å². The minimum atomic E-state index is -0.736. The number of hydrogen-bond acceptors (Lipinski definition) is 2. The minimum Gasteiger partial charge on any atom is -0.481 e. The maximum Gasteiger partial charge on any atom is 0.303 e. The van der Waals surface area contributed by atoms with Gasteiger partial charge in [-0.2, -0.15) is 0 Å². The summed E-state index contributed by atoms with van der Waals surface area (Å²) in [7, 11) is 2.12. The minimum absolute atomic E-state index is 0.206. The van der Waals surface area contributed by atoms with E-state index in [1.54, 1.807) is 0 Å². The van der Waals surface area contributed by atoms with Crippen LogP contribution >= 0.6 is 11.6 Å². The molecule has 2 heterocycles. The number of carboxylic acid groups (broad SMARTS) is 1. The Morgan fingerprint density at radius 2 is 2.24 bits per heavy atom. The Morgan fingerprint density at radius 3 is 3.00 bits per heavy atom. The van der Waals surface area contributed by atoms with Crippen molar-refractivity contribution >= 4 is 28.5 Å². The molecule has 1 aromatic heterocycles. The summed E-state index contributed by atoms with van der Waals surface area (Å²) < 4.78 is 2.28. The van der Waals surface area contributed by atoms with Crippen LogP contribution in [-0.2, 0) is 24.3 Å². The van der Waals surface area contributed by atoms with Gasteiger partial charge in [-0.05, 0) is 43.7 Å². The van der Waals surface area contributed by atoms with Crippen LogP contribution in [0.4, 0.5) is 0 Å². The van der Waals surface area contributed by atoms with Gasteiger partial charge in [0.15, 0.2) is 0 Å². The van der Waals surface area contributed by atoms with E-state index in [0.29, 0.717) is 6.42 Å². The molecular weight excluding hydrogens is 288 g/mol. The number of aliphatic carboxylic acids is 1. The monoisotopic (exact) mass is 306 g/mol. The predicted octanol–water partition coefficient (Wildman–Crippen LogP) is 3.15. The van der Waals surface area contributed by atoms with Gasteiger partial charge in [0.05, 0.1) is 0 Å². The zero-order chi connectivity index (χ0) is 15.0. The van der Waals surface area contributed by atoms with Crippen molar-refractivity contribution < 1.29 is 9.90 Å². The second-order valence-electron chi connectivity index (χ2n) is 5.72. The molecule has 2 aromatic rings. The molecule has 0 atom stereocenters. The van der Waals surface area contributed by atoms with Crippen LogP contribution in [0.1, 0.15) is 24.1 Å². The first-order valence-electron chi connectivity index (χ1n) is 7.26. The van der Waals surface area contributed by atoms with E-state index in [-0.39, 0.29) is 6.42 Å². The van der Waals surface area contributed by atoms with Gasteiger partial charge >= 0.3 is 5.97 Å². The summed E-state index contributed by atoms with van der Waals surface area (Å²) in [5, 5.41) is 10.8. The first-order chi connectivity index (χ1) is 10.1. The molecule has 112 valence electrons. The number of aromatic nitrogens is 1. The largest absolute Gasteiger partial charge is 0.481 e. The summed E-state index contributed by atoms with van der Waals surface area (Å²) in [6.45, 7) is 2.70. The average molecular weight is 307 g/mol. The molecule has 0 amide bonds. The summed E-state index contributed by atoms with van der Waals surface area (Å²) in [6, 6.07) is 6.00. The van der Waals surface area contributed by atoms with Crippen molar-refractivity contribution in [3.63, 3.8) is 0 Å². The highest BCUT2D eigenvalue weighted by Crippen LogP contribution is 2.32. The van der Waals surface area contributed by atoms with Gasteiger partial charge in [0.25, 0.3) is 0 Å². The van der Waals surface area contributed by atoms with E-state index in [0.717, 1.165) is 31.1 Å². The first kappa shape index (κ1) is 14.4. The second kappa shape index (κ2) is 5.70. The van der Waals surface area contributed by atoms with E-state index in [2.05, 4.69) is 22.6 Å². The van der Waals surface area contributed by atoms with Crippen LogP contribution in [0.2, 0.25) is 5.02 Å². The summed E-state index contributed by atoms with van der Waals surface area (Å²) in [5.74, 6) is -0.736. The van der Waals surface area contributed by atoms with Crippen molar-refractivity contribution in [2.75, 3.05) is 13.6 Å². The zero-order valence-electron chi connectivity index (χ0n) is 12.1. The smallest absolute Gasteiger partial charge is 0.303 e. The van der Waals surface area contributed by atoms with Gasteiger partial charge in [-0.3, -0.25) is 4.79 Å². The second-order valence-corrected chi connectivity index (χ2v) is 6.16. The number of rotatable bonds is 4. The van der Waals surface area contributed by atoms with Crippen LogP contribution in [0.15, 0.2) is 18.2 Å². The van der Waals surface area contributed by atoms with Crippen molar-refractivity contribution in [1.82, 2.24) is 9.47 Å². The quantitative estimate of drug-likeness (QED) is 0.944. The average Bonchev–Trinajstić information content (AvgIpc) is 2.71. The number of halogens is 1. The van der Waals surface area contributed by atoms with Crippen molar-refractivity contribution in [2.24, 2.45) is 0 Å². The van der Waals surface area contributed by atoms with Gasteiger partial charge < -0.3 is 14.6 Å². The molecule has 1 aromatic carbocycles. The SMILES string of the molecule is CN1CCc2c(n(CCCC(=O)O)c3ccc(Cl)cc23)C1. The molecule has 21 heavy (non-hydrogen) atoms. The lowest BCUT2D eigenvalue weighted by Gasteiger charge is -2.24. The highest BCUT2D eigenvalue weighted by Gasteiger charge is 2.22. The lowest BCUT2D eigenvalue weighted by atomic mass is 10.0. The molecule has 0 unspecified atom stereocenters. The lowest BCUT2D eigenvalue weighted by Crippen LogP contribution is -2.27. The van der Waals surface area contributed by atoms with E-state index in [1.807, 2.05) is 12.1 Å². The van der Waals surface area contributed by atoms with Crippen molar-refractivity contribution in [1.29, 1.82) is 0 Å². The van der Waals surface area contributed by atoms with Crippen LogP contribution in [0.25, 0.3) is 10.9 Å². The molecule has 0 aliphatic carbocycles. The molecule has 0 saturated carbocycles. The van der Waals surface area contributed by atoms with Gasteiger partial charge in [0.1, 0.15) is 0 Å². The predicted molar refractivity (Wildman–Crippen MR) is 83.9 cm³/mol. The van der Waals surface area contributed by atoms with E-state index >= 15 is 0 Å². The molecule has 0 radical (unpaired) electrons.